The zero-order chi connectivity index (χ0) is 15.0. The van der Waals surface area contributed by atoms with Gasteiger partial charge in [0.05, 0.1) is 0 Å². The number of hydrogen-bond donors (Lipinski definition) is 0. The topological polar surface area (TPSA) is 43.4 Å². The Kier molecular flexibility index (Phi) is 6.76. The molecule has 0 amide bonds. The summed E-state index contributed by atoms with van der Waals surface area (Å²) in [5.74, 6) is -3.58. The normalized spacial score (nSPS) is 10.3. The minimum Gasteiger partial charge on any atom is -0.395 e. The quantitative estimate of drug-likeness (QED) is 0.242. The van der Waals surface area contributed by atoms with Crippen molar-refractivity contribution in [1.82, 2.24) is 0 Å². The van der Waals surface area contributed by atoms with Gasteiger partial charge in [0, 0.05) is 12.5 Å². The van der Waals surface area contributed by atoms with Gasteiger partial charge in [-0.05, 0) is 30.9 Å². The van der Waals surface area contributed by atoms with Crippen LogP contribution < -0.4 is 0 Å². The van der Waals surface area contributed by atoms with Crippen LogP contribution in [0.1, 0.15) is 37.7 Å². The van der Waals surface area contributed by atoms with Crippen LogP contribution in [0, 0.1) is 17.5 Å². The standard InChI is InChI=1S/C14H15F3O3/c15-11-8-13(17)12(16)7-10(11)5-3-1-2-4-6-14(19)20-9-18/h7-9H,1-6H2. The van der Waals surface area contributed by atoms with Crippen LogP contribution in [0.15, 0.2) is 12.1 Å². The number of carbonyl (C=O) groups is 2. The molecule has 0 radical (unpaired) electrons. The molecule has 0 aliphatic carbocycles. The Morgan fingerprint density at radius 1 is 1.00 bits per heavy atom. The van der Waals surface area contributed by atoms with E-state index < -0.39 is 23.4 Å². The molecule has 1 aromatic carbocycles. The lowest BCUT2D eigenvalue weighted by atomic mass is 10.0. The molecule has 0 aromatic heterocycles. The highest BCUT2D eigenvalue weighted by atomic mass is 19.2. The van der Waals surface area contributed by atoms with E-state index in [-0.39, 0.29) is 18.5 Å². The SMILES string of the molecule is O=COC(=O)CCCCCCc1cc(F)c(F)cc1F. The average Bonchev–Trinajstić information content (AvgIpc) is 2.39. The maximum Gasteiger partial charge on any atom is 0.313 e. The molecule has 0 bridgehead atoms. The van der Waals surface area contributed by atoms with Gasteiger partial charge >= 0.3 is 12.4 Å². The predicted octanol–water partition coefficient (Wildman–Crippen LogP) is 3.30. The molecule has 0 saturated heterocycles. The van der Waals surface area contributed by atoms with E-state index in [2.05, 4.69) is 4.74 Å². The molecule has 0 N–H and O–H groups in total. The number of benzene rings is 1. The molecule has 0 heterocycles. The van der Waals surface area contributed by atoms with Crippen molar-refractivity contribution in [2.75, 3.05) is 0 Å². The number of aryl methyl sites for hydroxylation is 1. The summed E-state index contributed by atoms with van der Waals surface area (Å²) >= 11 is 0. The Bertz CT molecular complexity index is 475. The van der Waals surface area contributed by atoms with Crippen molar-refractivity contribution in [3.05, 3.63) is 35.1 Å². The van der Waals surface area contributed by atoms with Crippen LogP contribution in [-0.2, 0) is 20.7 Å². The fourth-order valence-corrected chi connectivity index (χ4v) is 1.81. The minimum absolute atomic E-state index is 0.0915. The number of halogens is 3. The van der Waals surface area contributed by atoms with Gasteiger partial charge in [-0.1, -0.05) is 12.8 Å². The van der Waals surface area contributed by atoms with Gasteiger partial charge in [0.25, 0.3) is 0 Å². The molecule has 0 aliphatic rings. The molecule has 0 atom stereocenters. The molecule has 1 aromatic rings. The molecule has 0 unspecified atom stereocenters. The molecule has 110 valence electrons. The van der Waals surface area contributed by atoms with Crippen molar-refractivity contribution < 1.29 is 27.5 Å². The average molecular weight is 288 g/mol. The second kappa shape index (κ2) is 8.35. The maximum absolute atomic E-state index is 13.3. The monoisotopic (exact) mass is 288 g/mol. The van der Waals surface area contributed by atoms with Crippen LogP contribution in [0.4, 0.5) is 13.2 Å². The number of unbranched alkanes of at least 4 members (excludes halogenated alkanes) is 3. The van der Waals surface area contributed by atoms with E-state index in [9.17, 15) is 22.8 Å². The van der Waals surface area contributed by atoms with Crippen LogP contribution >= 0.6 is 0 Å². The first kappa shape index (κ1) is 16.2. The van der Waals surface area contributed by atoms with Crippen molar-refractivity contribution in [2.24, 2.45) is 0 Å². The predicted molar refractivity (Wildman–Crippen MR) is 65.3 cm³/mol. The minimum atomic E-state index is -1.19. The maximum atomic E-state index is 13.3. The molecule has 20 heavy (non-hydrogen) atoms. The van der Waals surface area contributed by atoms with Gasteiger partial charge in [-0.15, -0.1) is 0 Å². The first-order chi connectivity index (χ1) is 9.54. The third-order valence-electron chi connectivity index (χ3n) is 2.85. The largest absolute Gasteiger partial charge is 0.395 e. The molecule has 0 spiro atoms. The molecule has 6 heteroatoms. The van der Waals surface area contributed by atoms with Crippen molar-refractivity contribution in [1.29, 1.82) is 0 Å². The number of ether oxygens (including phenoxy) is 1. The third-order valence-corrected chi connectivity index (χ3v) is 2.85. The lowest BCUT2D eigenvalue weighted by molar-refractivity contribution is -0.151. The van der Waals surface area contributed by atoms with Crippen LogP contribution in [0.3, 0.4) is 0 Å². The summed E-state index contributed by atoms with van der Waals surface area (Å²) in [6.45, 7) is 0.0915. The lowest BCUT2D eigenvalue weighted by Gasteiger charge is -2.04. The Labute approximate surface area is 114 Å². The van der Waals surface area contributed by atoms with Crippen molar-refractivity contribution in [2.45, 2.75) is 38.5 Å². The van der Waals surface area contributed by atoms with Gasteiger partial charge in [-0.25, -0.2) is 13.2 Å². The summed E-state index contributed by atoms with van der Waals surface area (Å²) in [5.41, 5.74) is 0.143. The van der Waals surface area contributed by atoms with Crippen LogP contribution in [-0.4, -0.2) is 12.4 Å². The summed E-state index contributed by atoms with van der Waals surface area (Å²) in [4.78, 5) is 20.7. The molecule has 0 saturated carbocycles. The first-order valence-corrected chi connectivity index (χ1v) is 6.31. The van der Waals surface area contributed by atoms with Crippen LogP contribution in [0.2, 0.25) is 0 Å². The van der Waals surface area contributed by atoms with E-state index in [0.29, 0.717) is 38.2 Å². The van der Waals surface area contributed by atoms with Crippen LogP contribution in [0.5, 0.6) is 0 Å². The highest BCUT2D eigenvalue weighted by Crippen LogP contribution is 2.16. The molecule has 0 aliphatic heterocycles. The molecular weight excluding hydrogens is 273 g/mol. The number of hydrogen-bond acceptors (Lipinski definition) is 3. The van der Waals surface area contributed by atoms with Gasteiger partial charge in [-0.3, -0.25) is 9.59 Å². The van der Waals surface area contributed by atoms with E-state index in [4.69, 9.17) is 0 Å². The molecular formula is C14H15F3O3. The second-order valence-electron chi connectivity index (χ2n) is 4.36. The Morgan fingerprint density at radius 2 is 1.65 bits per heavy atom. The van der Waals surface area contributed by atoms with Crippen LogP contribution in [0.25, 0.3) is 0 Å². The Morgan fingerprint density at radius 3 is 2.35 bits per heavy atom. The third kappa shape index (κ3) is 5.42. The first-order valence-electron chi connectivity index (χ1n) is 6.31. The number of esters is 1. The summed E-state index contributed by atoms with van der Waals surface area (Å²) in [6, 6.07) is 1.41. The Hall–Kier alpha value is -1.85. The summed E-state index contributed by atoms with van der Waals surface area (Å²) < 4.78 is 43.0. The number of rotatable bonds is 8. The second-order valence-corrected chi connectivity index (χ2v) is 4.36. The molecule has 0 fully saturated rings. The van der Waals surface area contributed by atoms with Crippen molar-refractivity contribution in [3.8, 4) is 0 Å². The van der Waals surface area contributed by atoms with E-state index in [1.165, 1.54) is 0 Å². The van der Waals surface area contributed by atoms with E-state index in [1.807, 2.05) is 0 Å². The smallest absolute Gasteiger partial charge is 0.313 e. The van der Waals surface area contributed by atoms with Gasteiger partial charge in [-0.2, -0.15) is 0 Å². The summed E-state index contributed by atoms with van der Waals surface area (Å²) in [7, 11) is 0. The lowest BCUT2D eigenvalue weighted by Crippen LogP contribution is -2.02. The van der Waals surface area contributed by atoms with Crippen molar-refractivity contribution >= 4 is 12.4 Å². The van der Waals surface area contributed by atoms with E-state index >= 15 is 0 Å². The summed E-state index contributed by atoms with van der Waals surface area (Å²) in [6.07, 6.45) is 3.05. The molecule has 1 rings (SSSR count). The van der Waals surface area contributed by atoms with Gasteiger partial charge in [0.15, 0.2) is 11.6 Å². The highest BCUT2D eigenvalue weighted by Gasteiger charge is 2.09. The molecule has 3 nitrogen and oxygen atoms in total. The van der Waals surface area contributed by atoms with E-state index in [0.717, 1.165) is 6.07 Å². The fraction of sp³-hybridized carbons (Fsp3) is 0.429. The zero-order valence-corrected chi connectivity index (χ0v) is 10.8. The Balaban J connectivity index is 2.23. The van der Waals surface area contributed by atoms with Gasteiger partial charge < -0.3 is 4.74 Å². The summed E-state index contributed by atoms with van der Waals surface area (Å²) in [5, 5.41) is 0. The zero-order valence-electron chi connectivity index (χ0n) is 10.8. The van der Waals surface area contributed by atoms with Gasteiger partial charge in [0.1, 0.15) is 5.82 Å². The van der Waals surface area contributed by atoms with Gasteiger partial charge in [0.2, 0.25) is 0 Å². The fourth-order valence-electron chi connectivity index (χ4n) is 1.81. The highest BCUT2D eigenvalue weighted by molar-refractivity contribution is 5.76. The number of carbonyl (C=O) groups excluding carboxylic acids is 2. The van der Waals surface area contributed by atoms with E-state index in [1.54, 1.807) is 0 Å². The van der Waals surface area contributed by atoms with Crippen molar-refractivity contribution in [3.63, 3.8) is 0 Å².